The summed E-state index contributed by atoms with van der Waals surface area (Å²) in [4.78, 5) is 16.0. The number of rotatable bonds is 0. The summed E-state index contributed by atoms with van der Waals surface area (Å²) in [6.07, 6.45) is 4.96. The Morgan fingerprint density at radius 1 is 1.50 bits per heavy atom. The van der Waals surface area contributed by atoms with Gasteiger partial charge in [0.2, 0.25) is 0 Å². The third-order valence-corrected chi connectivity index (χ3v) is 2.28. The number of hydrogen-bond acceptors (Lipinski definition) is 3. The van der Waals surface area contributed by atoms with Gasteiger partial charge >= 0.3 is 0 Å². The molecule has 0 saturated carbocycles. The van der Waals surface area contributed by atoms with Crippen molar-refractivity contribution >= 4 is 23.3 Å². The molecule has 0 bridgehead atoms. The molecular formula is C7H5NOS. The molecule has 0 unspecified atom stereocenters. The molecule has 0 spiro atoms. The first-order valence-electron chi connectivity index (χ1n) is 2.97. The van der Waals surface area contributed by atoms with Crippen molar-refractivity contribution in [1.29, 1.82) is 0 Å². The van der Waals surface area contributed by atoms with E-state index in [1.54, 1.807) is 30.0 Å². The Labute approximate surface area is 62.7 Å². The van der Waals surface area contributed by atoms with Crippen molar-refractivity contribution < 1.29 is 4.79 Å². The lowest BCUT2D eigenvalue weighted by atomic mass is 10.1. The van der Waals surface area contributed by atoms with Gasteiger partial charge < -0.3 is 0 Å². The van der Waals surface area contributed by atoms with Crippen molar-refractivity contribution in [2.24, 2.45) is 4.99 Å². The van der Waals surface area contributed by atoms with Gasteiger partial charge in [-0.05, 0) is 12.2 Å². The molecule has 2 aliphatic rings. The predicted octanol–water partition coefficient (Wildman–Crippen LogP) is 1.15. The number of allylic oxidation sites excluding steroid dienone is 4. The highest BCUT2D eigenvalue weighted by Gasteiger charge is 2.15. The van der Waals surface area contributed by atoms with E-state index < -0.39 is 0 Å². The fourth-order valence-electron chi connectivity index (χ4n) is 0.912. The van der Waals surface area contributed by atoms with Crippen LogP contribution in [-0.4, -0.2) is 17.4 Å². The second kappa shape index (κ2) is 2.09. The third-order valence-electron chi connectivity index (χ3n) is 1.39. The van der Waals surface area contributed by atoms with Crippen LogP contribution in [0.2, 0.25) is 0 Å². The van der Waals surface area contributed by atoms with E-state index in [0.717, 1.165) is 16.5 Å². The topological polar surface area (TPSA) is 29.4 Å². The molecule has 0 amide bonds. The number of nitrogens with zero attached hydrogens (tertiary/aromatic N) is 1. The van der Waals surface area contributed by atoms with E-state index in [0.29, 0.717) is 0 Å². The highest BCUT2D eigenvalue weighted by molar-refractivity contribution is 8.04. The quantitative estimate of drug-likeness (QED) is 0.486. The monoisotopic (exact) mass is 151 g/mol. The van der Waals surface area contributed by atoms with Crippen molar-refractivity contribution in [3.05, 3.63) is 23.1 Å². The van der Waals surface area contributed by atoms with Crippen LogP contribution >= 0.6 is 11.8 Å². The van der Waals surface area contributed by atoms with Gasteiger partial charge in [0.1, 0.15) is 0 Å². The molecule has 1 aliphatic heterocycles. The third kappa shape index (κ3) is 0.827. The van der Waals surface area contributed by atoms with Gasteiger partial charge in [-0.3, -0.25) is 9.79 Å². The highest BCUT2D eigenvalue weighted by atomic mass is 32.2. The zero-order valence-corrected chi connectivity index (χ0v) is 6.02. The normalized spacial score (nSPS) is 22.2. The van der Waals surface area contributed by atoms with Gasteiger partial charge in [0.25, 0.3) is 0 Å². The minimum Gasteiger partial charge on any atom is -0.290 e. The summed E-state index contributed by atoms with van der Waals surface area (Å²) in [5.74, 6) is 0.835. The lowest BCUT2D eigenvalue weighted by Gasteiger charge is -1.99. The van der Waals surface area contributed by atoms with E-state index in [2.05, 4.69) is 4.99 Å². The lowest BCUT2D eigenvalue weighted by molar-refractivity contribution is -0.110. The van der Waals surface area contributed by atoms with Crippen LogP contribution in [0.25, 0.3) is 0 Å². The molecule has 2 rings (SSSR count). The SMILES string of the molecule is O=C1C=CC2=NCSC2=C1. The van der Waals surface area contributed by atoms with E-state index in [-0.39, 0.29) is 5.78 Å². The van der Waals surface area contributed by atoms with E-state index in [9.17, 15) is 4.79 Å². The molecule has 0 fully saturated rings. The molecule has 50 valence electrons. The number of ketones is 1. The van der Waals surface area contributed by atoms with Gasteiger partial charge in [-0.25, -0.2) is 0 Å². The molecule has 0 radical (unpaired) electrons. The first-order valence-corrected chi connectivity index (χ1v) is 3.96. The van der Waals surface area contributed by atoms with Gasteiger partial charge in [-0.1, -0.05) is 11.8 Å². The molecular weight excluding hydrogens is 146 g/mol. The maximum atomic E-state index is 10.8. The summed E-state index contributed by atoms with van der Waals surface area (Å²) >= 11 is 1.62. The summed E-state index contributed by atoms with van der Waals surface area (Å²) in [5.41, 5.74) is 0.963. The average molecular weight is 151 g/mol. The van der Waals surface area contributed by atoms with Crippen molar-refractivity contribution in [3.63, 3.8) is 0 Å². The Kier molecular flexibility index (Phi) is 1.24. The van der Waals surface area contributed by atoms with E-state index in [1.165, 1.54) is 0 Å². The summed E-state index contributed by atoms with van der Waals surface area (Å²) in [6.45, 7) is 0. The van der Waals surface area contributed by atoms with Gasteiger partial charge in [-0.15, -0.1) is 0 Å². The first kappa shape index (κ1) is 5.92. The van der Waals surface area contributed by atoms with Gasteiger partial charge in [0.05, 0.1) is 11.6 Å². The Hall–Kier alpha value is -0.830. The van der Waals surface area contributed by atoms with Crippen molar-refractivity contribution in [2.75, 3.05) is 5.88 Å². The largest absolute Gasteiger partial charge is 0.290 e. The number of carbonyl (C=O) groups excluding carboxylic acids is 1. The maximum absolute atomic E-state index is 10.8. The molecule has 0 aromatic heterocycles. The highest BCUT2D eigenvalue weighted by Crippen LogP contribution is 2.26. The smallest absolute Gasteiger partial charge is 0.179 e. The van der Waals surface area contributed by atoms with E-state index in [1.807, 2.05) is 0 Å². The van der Waals surface area contributed by atoms with Crippen LogP contribution in [-0.2, 0) is 4.79 Å². The molecule has 3 heteroatoms. The summed E-state index contributed by atoms with van der Waals surface area (Å²) < 4.78 is 0. The Balaban J connectivity index is 2.43. The second-order valence-corrected chi connectivity index (χ2v) is 3.05. The summed E-state index contributed by atoms with van der Waals surface area (Å²) in [6, 6.07) is 0. The number of aliphatic imine (C=N–C) groups is 1. The Morgan fingerprint density at radius 3 is 3.30 bits per heavy atom. The minimum absolute atomic E-state index is 0.0725. The van der Waals surface area contributed by atoms with Crippen LogP contribution in [0.15, 0.2) is 28.1 Å². The molecule has 0 saturated heterocycles. The van der Waals surface area contributed by atoms with Crippen molar-refractivity contribution in [1.82, 2.24) is 0 Å². The fourth-order valence-corrected chi connectivity index (χ4v) is 1.73. The molecule has 0 aromatic carbocycles. The molecule has 1 heterocycles. The van der Waals surface area contributed by atoms with Crippen LogP contribution in [0.1, 0.15) is 0 Å². The molecule has 2 nitrogen and oxygen atoms in total. The van der Waals surface area contributed by atoms with Gasteiger partial charge in [-0.2, -0.15) is 0 Å². The fraction of sp³-hybridized carbons (Fsp3) is 0.143. The molecule has 0 atom stereocenters. The summed E-state index contributed by atoms with van der Waals surface area (Å²) in [5, 5.41) is 0. The second-order valence-electron chi connectivity index (χ2n) is 2.06. The maximum Gasteiger partial charge on any atom is 0.179 e. The number of fused-ring (bicyclic) bond motifs is 1. The number of hydrogen-bond donors (Lipinski definition) is 0. The van der Waals surface area contributed by atoms with E-state index in [4.69, 9.17) is 0 Å². The van der Waals surface area contributed by atoms with Crippen LogP contribution in [0, 0.1) is 0 Å². The van der Waals surface area contributed by atoms with Crippen LogP contribution in [0.3, 0.4) is 0 Å². The van der Waals surface area contributed by atoms with Crippen LogP contribution in [0.5, 0.6) is 0 Å². The molecule has 1 aliphatic carbocycles. The summed E-state index contributed by atoms with van der Waals surface area (Å²) in [7, 11) is 0. The predicted molar refractivity (Wildman–Crippen MR) is 42.1 cm³/mol. The number of carbonyl (C=O) groups is 1. The molecule has 10 heavy (non-hydrogen) atoms. The van der Waals surface area contributed by atoms with Gasteiger partial charge in [0, 0.05) is 11.0 Å². The average Bonchev–Trinajstić information content (AvgIpc) is 2.33. The number of thioether (sulfide) groups is 1. The van der Waals surface area contributed by atoms with Crippen molar-refractivity contribution in [3.8, 4) is 0 Å². The van der Waals surface area contributed by atoms with Crippen LogP contribution in [0.4, 0.5) is 0 Å². The van der Waals surface area contributed by atoms with E-state index >= 15 is 0 Å². The Bertz CT molecular complexity index is 275. The van der Waals surface area contributed by atoms with Gasteiger partial charge in [0.15, 0.2) is 5.78 Å². The Morgan fingerprint density at radius 2 is 2.40 bits per heavy atom. The minimum atomic E-state index is 0.0725. The zero-order chi connectivity index (χ0) is 6.97. The van der Waals surface area contributed by atoms with Crippen molar-refractivity contribution in [2.45, 2.75) is 0 Å². The first-order chi connectivity index (χ1) is 4.86. The lowest BCUT2D eigenvalue weighted by Crippen LogP contribution is -2.01. The molecule has 0 N–H and O–H groups in total. The molecule has 0 aromatic rings. The standard InChI is InChI=1S/C7H5NOS/c9-5-1-2-6-7(3-5)10-4-8-6/h1-3H,4H2. The zero-order valence-electron chi connectivity index (χ0n) is 5.20. The van der Waals surface area contributed by atoms with Crippen LogP contribution < -0.4 is 0 Å².